The maximum atomic E-state index is 13.2. The molecule has 1 aliphatic rings. The average molecular weight is 540 g/mol. The first kappa shape index (κ1) is 31.2. The van der Waals surface area contributed by atoms with Gasteiger partial charge in [0.15, 0.2) is 18.3 Å². The van der Waals surface area contributed by atoms with Crippen molar-refractivity contribution in [2.24, 2.45) is 0 Å². The fourth-order valence-corrected chi connectivity index (χ4v) is 3.20. The van der Waals surface area contributed by atoms with Gasteiger partial charge < -0.3 is 34.3 Å². The summed E-state index contributed by atoms with van der Waals surface area (Å²) in [5.41, 5.74) is 0. The Hall–Kier alpha value is -3.85. The molecule has 16 heteroatoms. The van der Waals surface area contributed by atoms with Crippen LogP contribution in [0.4, 0.5) is 13.2 Å². The lowest BCUT2D eigenvalue weighted by Crippen LogP contribution is -2.65. The minimum Gasteiger partial charge on any atom is -0.477 e. The minimum atomic E-state index is -5.39. The Morgan fingerprint density at radius 3 is 2.05 bits per heavy atom. The van der Waals surface area contributed by atoms with Crippen molar-refractivity contribution in [3.63, 3.8) is 0 Å². The molecule has 0 saturated carbocycles. The van der Waals surface area contributed by atoms with Crippen LogP contribution in [0.3, 0.4) is 0 Å². The van der Waals surface area contributed by atoms with Gasteiger partial charge in [0, 0.05) is 27.2 Å². The molecule has 1 rings (SSSR count). The lowest BCUT2D eigenvalue weighted by atomic mass is 9.91. The molecule has 1 heterocycles. The number of methoxy groups -OCH3 is 1. The summed E-state index contributed by atoms with van der Waals surface area (Å²) in [4.78, 5) is 71.3. The smallest absolute Gasteiger partial charge is 0.471 e. The van der Waals surface area contributed by atoms with E-state index in [-0.39, 0.29) is 6.42 Å². The molecule has 0 fully saturated rings. The predicted octanol–water partition coefficient (Wildman–Crippen LogP) is -0.189. The van der Waals surface area contributed by atoms with Crippen LogP contribution in [-0.2, 0) is 52.5 Å². The monoisotopic (exact) mass is 540 g/mol. The molecular formula is C21H27F3N2O11. The van der Waals surface area contributed by atoms with Gasteiger partial charge in [0.1, 0.15) is 6.61 Å². The summed E-state index contributed by atoms with van der Waals surface area (Å²) in [5.74, 6) is -7.78. The van der Waals surface area contributed by atoms with Crippen molar-refractivity contribution in [3.8, 4) is 0 Å². The van der Waals surface area contributed by atoms with Gasteiger partial charge in [0.25, 0.3) is 0 Å². The van der Waals surface area contributed by atoms with E-state index in [1.165, 1.54) is 6.92 Å². The zero-order valence-electron chi connectivity index (χ0n) is 20.5. The van der Waals surface area contributed by atoms with Crippen LogP contribution in [0.1, 0.15) is 34.1 Å². The van der Waals surface area contributed by atoms with E-state index < -0.39 is 84.6 Å². The van der Waals surface area contributed by atoms with Crippen molar-refractivity contribution in [2.45, 2.75) is 70.7 Å². The molecule has 0 unspecified atom stereocenters. The number of hydrogen-bond acceptors (Lipinski definition) is 11. The summed E-state index contributed by atoms with van der Waals surface area (Å²) < 4.78 is 64.6. The van der Waals surface area contributed by atoms with E-state index in [0.29, 0.717) is 0 Å². The number of halogens is 3. The normalized spacial score (nSPS) is 20.6. The number of nitrogens with one attached hydrogen (secondary N) is 2. The lowest BCUT2D eigenvalue weighted by Gasteiger charge is -2.42. The van der Waals surface area contributed by atoms with Gasteiger partial charge in [-0.1, -0.05) is 6.92 Å². The summed E-state index contributed by atoms with van der Waals surface area (Å²) >= 11 is 0. The third-order valence-corrected chi connectivity index (χ3v) is 4.69. The van der Waals surface area contributed by atoms with E-state index in [1.807, 2.05) is 0 Å². The Morgan fingerprint density at radius 1 is 1.00 bits per heavy atom. The van der Waals surface area contributed by atoms with E-state index in [4.69, 9.17) is 18.9 Å². The summed E-state index contributed by atoms with van der Waals surface area (Å²) in [5, 5.41) is 3.99. The van der Waals surface area contributed by atoms with E-state index in [1.54, 1.807) is 5.32 Å². The van der Waals surface area contributed by atoms with E-state index in [9.17, 15) is 41.9 Å². The molecule has 0 saturated heterocycles. The van der Waals surface area contributed by atoms with E-state index in [0.717, 1.165) is 34.0 Å². The third kappa shape index (κ3) is 9.61. The number of esters is 4. The lowest BCUT2D eigenvalue weighted by molar-refractivity contribution is -0.191. The first-order valence-corrected chi connectivity index (χ1v) is 10.7. The second-order valence-corrected chi connectivity index (χ2v) is 7.57. The summed E-state index contributed by atoms with van der Waals surface area (Å²) in [6.45, 7) is 3.53. The number of ether oxygens (including phenoxy) is 5. The van der Waals surface area contributed by atoms with Crippen LogP contribution < -0.4 is 10.6 Å². The molecule has 0 spiro atoms. The zero-order valence-corrected chi connectivity index (χ0v) is 20.5. The van der Waals surface area contributed by atoms with Crippen molar-refractivity contribution < 1.29 is 65.6 Å². The Balaban J connectivity index is 3.73. The predicted molar refractivity (Wildman–Crippen MR) is 113 cm³/mol. The van der Waals surface area contributed by atoms with Gasteiger partial charge in [-0.15, -0.1) is 0 Å². The second-order valence-electron chi connectivity index (χ2n) is 7.57. The number of hydrogen-bond donors (Lipinski definition) is 2. The highest BCUT2D eigenvalue weighted by Gasteiger charge is 2.51. The van der Waals surface area contributed by atoms with Crippen molar-refractivity contribution in [1.82, 2.24) is 10.6 Å². The maximum Gasteiger partial charge on any atom is 0.471 e. The van der Waals surface area contributed by atoms with Gasteiger partial charge in [-0.25, -0.2) is 4.79 Å². The molecule has 0 aromatic heterocycles. The molecule has 2 N–H and O–H groups in total. The molecule has 13 nitrogen and oxygen atoms in total. The molecule has 0 aromatic rings. The van der Waals surface area contributed by atoms with Crippen LogP contribution in [0.5, 0.6) is 0 Å². The van der Waals surface area contributed by atoms with Gasteiger partial charge >= 0.3 is 36.0 Å². The van der Waals surface area contributed by atoms with E-state index in [2.05, 4.69) is 10.1 Å². The van der Waals surface area contributed by atoms with Gasteiger partial charge in [0.05, 0.1) is 19.2 Å². The second kappa shape index (κ2) is 13.5. The van der Waals surface area contributed by atoms with Gasteiger partial charge in [-0.2, -0.15) is 13.2 Å². The average Bonchev–Trinajstić information content (AvgIpc) is 2.79. The van der Waals surface area contributed by atoms with Gasteiger partial charge in [-0.3, -0.25) is 24.0 Å². The zero-order chi connectivity index (χ0) is 28.5. The maximum absolute atomic E-state index is 13.2. The Morgan fingerprint density at radius 2 is 1.59 bits per heavy atom. The van der Waals surface area contributed by atoms with Gasteiger partial charge in [-0.05, 0) is 6.08 Å². The number of carbonyl (C=O) groups is 6. The molecule has 1 aliphatic heterocycles. The summed E-state index contributed by atoms with van der Waals surface area (Å²) in [6.07, 6.45) is -10.1. The minimum absolute atomic E-state index is 0.140. The summed E-state index contributed by atoms with van der Waals surface area (Å²) in [6, 6.07) is -3.38. The third-order valence-electron chi connectivity index (χ3n) is 4.69. The number of alkyl halides is 3. The van der Waals surface area contributed by atoms with Crippen LogP contribution in [0.15, 0.2) is 11.8 Å². The number of carbonyl (C=O) groups excluding carboxylic acids is 6. The quantitative estimate of drug-likeness (QED) is 0.278. The largest absolute Gasteiger partial charge is 0.477 e. The van der Waals surface area contributed by atoms with Crippen molar-refractivity contribution in [2.75, 3.05) is 13.7 Å². The topological polar surface area (TPSA) is 173 Å². The van der Waals surface area contributed by atoms with Crippen molar-refractivity contribution >= 4 is 35.7 Å². The molecule has 37 heavy (non-hydrogen) atoms. The van der Waals surface area contributed by atoms with Crippen LogP contribution in [-0.4, -0.2) is 86.0 Å². The standard InChI is InChI=1S/C21H27F3N2O11/c1-6-15(30)25-12-7-13(19(31)33-5)37-18(16(12)26-20(32)21(22,23)24)17(36-11(4)29)14(35-10(3)28)8-34-9(2)27/h7,12,14,16-18H,6,8H2,1-5H3,(H,25,30)(H,26,32)/t12-,14-,16-,17-,18-/m1/s1. The molecule has 0 radical (unpaired) electrons. The molecule has 208 valence electrons. The fourth-order valence-electron chi connectivity index (χ4n) is 3.20. The first-order valence-electron chi connectivity index (χ1n) is 10.7. The van der Waals surface area contributed by atoms with Crippen molar-refractivity contribution in [3.05, 3.63) is 11.8 Å². The number of rotatable bonds is 10. The highest BCUT2D eigenvalue weighted by molar-refractivity contribution is 5.87. The first-order chi connectivity index (χ1) is 17.1. The van der Waals surface area contributed by atoms with Crippen LogP contribution in [0, 0.1) is 0 Å². The Bertz CT molecular complexity index is 935. The summed E-state index contributed by atoms with van der Waals surface area (Å²) in [7, 11) is 0.963. The molecular weight excluding hydrogens is 513 g/mol. The molecule has 0 aromatic carbocycles. The molecule has 0 aliphatic carbocycles. The SMILES string of the molecule is CCC(=O)N[C@@H]1C=C(C(=O)OC)O[C@@H]([C@H](OC(C)=O)[C@@H](COC(C)=O)OC(C)=O)[C@@H]1NC(=O)C(F)(F)F. The fraction of sp³-hybridized carbons (Fsp3) is 0.619. The van der Waals surface area contributed by atoms with Gasteiger partial charge in [0.2, 0.25) is 11.7 Å². The van der Waals surface area contributed by atoms with Crippen molar-refractivity contribution in [1.29, 1.82) is 0 Å². The van der Waals surface area contributed by atoms with Crippen LogP contribution in [0.2, 0.25) is 0 Å². The Kier molecular flexibility index (Phi) is 11.3. The Labute approximate surface area is 208 Å². The van der Waals surface area contributed by atoms with E-state index >= 15 is 0 Å². The number of amides is 2. The van der Waals surface area contributed by atoms with Crippen LogP contribution in [0.25, 0.3) is 0 Å². The highest BCUT2D eigenvalue weighted by Crippen LogP contribution is 2.28. The molecule has 2 amide bonds. The highest BCUT2D eigenvalue weighted by atomic mass is 19.4. The molecule has 5 atom stereocenters. The molecule has 0 bridgehead atoms. The van der Waals surface area contributed by atoms with Crippen LogP contribution >= 0.6 is 0 Å².